The van der Waals surface area contributed by atoms with Crippen LogP contribution in [0.3, 0.4) is 0 Å². The highest BCUT2D eigenvalue weighted by Crippen LogP contribution is 2.37. The number of fused-ring (bicyclic) bond motifs is 1. The number of hydrogen-bond donors (Lipinski definition) is 3. The lowest BCUT2D eigenvalue weighted by Crippen LogP contribution is -2.51. The fourth-order valence-electron chi connectivity index (χ4n) is 6.79. The first-order valence-electron chi connectivity index (χ1n) is 19.1. The maximum absolute atomic E-state index is 13.8. The van der Waals surface area contributed by atoms with Gasteiger partial charge in [-0.3, -0.25) is 14.5 Å². The van der Waals surface area contributed by atoms with E-state index in [-0.39, 0.29) is 23.8 Å². The van der Waals surface area contributed by atoms with Gasteiger partial charge in [-0.1, -0.05) is 67.8 Å². The zero-order valence-electron chi connectivity index (χ0n) is 32.6. The number of carbonyl (C=O) groups is 2. The quantitative estimate of drug-likeness (QED) is 0.0883. The lowest BCUT2D eigenvalue weighted by Gasteiger charge is -2.31. The summed E-state index contributed by atoms with van der Waals surface area (Å²) in [6.07, 6.45) is 3.53. The third-order valence-corrected chi connectivity index (χ3v) is 11.1. The van der Waals surface area contributed by atoms with Crippen molar-refractivity contribution in [3.63, 3.8) is 0 Å². The molecule has 0 saturated carbocycles. The summed E-state index contributed by atoms with van der Waals surface area (Å²) in [6, 6.07) is 34.4. The highest BCUT2D eigenvalue weighted by Gasteiger charge is 2.38. The molecule has 57 heavy (non-hydrogen) atoms. The minimum absolute atomic E-state index is 0.0232. The van der Waals surface area contributed by atoms with Gasteiger partial charge in [-0.15, -0.1) is 0 Å². The summed E-state index contributed by atoms with van der Waals surface area (Å²) in [5.74, 6) is 7.31. The first kappa shape index (κ1) is 39.0. The molecule has 10 nitrogen and oxygen atoms in total. The van der Waals surface area contributed by atoms with E-state index in [0.717, 1.165) is 49.7 Å². The van der Waals surface area contributed by atoms with Crippen molar-refractivity contribution in [1.82, 2.24) is 24.8 Å². The number of hydrogen-bond acceptors (Lipinski definition) is 9. The minimum atomic E-state index is -0.520. The molecule has 2 unspecified atom stereocenters. The summed E-state index contributed by atoms with van der Waals surface area (Å²) in [7, 11) is 3.82. The zero-order valence-corrected chi connectivity index (χ0v) is 33.4. The van der Waals surface area contributed by atoms with Crippen molar-refractivity contribution < 1.29 is 9.59 Å². The number of anilines is 4. The summed E-state index contributed by atoms with van der Waals surface area (Å²) < 4.78 is 0. The van der Waals surface area contributed by atoms with Gasteiger partial charge in [0.1, 0.15) is 18.2 Å². The second kappa shape index (κ2) is 17.7. The van der Waals surface area contributed by atoms with Gasteiger partial charge < -0.3 is 21.3 Å². The van der Waals surface area contributed by atoms with Crippen LogP contribution in [0.2, 0.25) is 0 Å². The number of pyridine rings is 1. The highest BCUT2D eigenvalue weighted by molar-refractivity contribution is 7.99. The van der Waals surface area contributed by atoms with Crippen molar-refractivity contribution in [1.29, 1.82) is 0 Å². The van der Waals surface area contributed by atoms with Crippen LogP contribution < -0.4 is 16.4 Å². The molecule has 1 aliphatic heterocycles. The van der Waals surface area contributed by atoms with E-state index in [4.69, 9.17) is 10.7 Å². The molecule has 0 aliphatic carbocycles. The number of nitrogens with two attached hydrogens (primary N) is 1. The summed E-state index contributed by atoms with van der Waals surface area (Å²) >= 11 is 1.61. The molecule has 2 amide bonds. The highest BCUT2D eigenvalue weighted by atomic mass is 32.2. The number of rotatable bonds is 11. The number of aromatic nitrogens is 3. The summed E-state index contributed by atoms with van der Waals surface area (Å²) in [5, 5.41) is 7.41. The van der Waals surface area contributed by atoms with Gasteiger partial charge >= 0.3 is 0 Å². The third kappa shape index (κ3) is 9.60. The molecule has 0 radical (unpaired) electrons. The zero-order chi connectivity index (χ0) is 39.9. The predicted octanol–water partition coefficient (Wildman–Crippen LogP) is 8.13. The van der Waals surface area contributed by atoms with Crippen LogP contribution in [0, 0.1) is 11.8 Å². The van der Waals surface area contributed by atoms with Crippen LogP contribution in [0.25, 0.3) is 11.0 Å². The van der Waals surface area contributed by atoms with Crippen LogP contribution in [0.5, 0.6) is 0 Å². The van der Waals surface area contributed by atoms with Gasteiger partial charge in [-0.2, -0.15) is 0 Å². The lowest BCUT2D eigenvalue weighted by atomic mass is 10.0. The van der Waals surface area contributed by atoms with E-state index in [2.05, 4.69) is 46.3 Å². The maximum atomic E-state index is 13.8. The number of carbonyl (C=O) groups excluding carboxylic acids is 2. The van der Waals surface area contributed by atoms with Gasteiger partial charge in [0.05, 0.1) is 17.1 Å². The molecule has 11 heteroatoms. The number of likely N-dealkylation sites (N-methyl/N-ethyl adjacent to an activating group) is 1. The van der Waals surface area contributed by atoms with Crippen molar-refractivity contribution in [2.75, 3.05) is 37.0 Å². The Balaban J connectivity index is 1.06. The Morgan fingerprint density at radius 1 is 0.912 bits per heavy atom. The molecule has 4 aromatic carbocycles. The average molecular weight is 775 g/mol. The predicted molar refractivity (Wildman–Crippen MR) is 230 cm³/mol. The van der Waals surface area contributed by atoms with Crippen molar-refractivity contribution in [3.8, 4) is 11.8 Å². The average Bonchev–Trinajstić information content (AvgIpc) is 3.72. The Bertz CT molecular complexity index is 2430. The van der Waals surface area contributed by atoms with Crippen molar-refractivity contribution in [2.24, 2.45) is 0 Å². The molecule has 288 valence electrons. The second-order valence-corrected chi connectivity index (χ2v) is 15.8. The minimum Gasteiger partial charge on any atom is -0.399 e. The lowest BCUT2D eigenvalue weighted by molar-refractivity contribution is -0.140. The molecule has 1 aliphatic rings. The summed E-state index contributed by atoms with van der Waals surface area (Å²) in [5.41, 5.74) is 12.5. The molecular weight excluding hydrogens is 729 g/mol. The van der Waals surface area contributed by atoms with Gasteiger partial charge in [0, 0.05) is 44.5 Å². The van der Waals surface area contributed by atoms with Crippen LogP contribution >= 0.6 is 11.8 Å². The molecule has 3 heterocycles. The van der Waals surface area contributed by atoms with Gasteiger partial charge in [-0.25, -0.2) is 15.0 Å². The number of benzene rings is 4. The van der Waals surface area contributed by atoms with E-state index >= 15 is 0 Å². The fourth-order valence-corrected chi connectivity index (χ4v) is 7.67. The number of nitrogens with zero attached hydrogens (tertiary/aromatic N) is 5. The second-order valence-electron chi connectivity index (χ2n) is 14.7. The molecule has 0 bridgehead atoms. The van der Waals surface area contributed by atoms with E-state index in [1.54, 1.807) is 16.7 Å². The third-order valence-electron chi connectivity index (χ3n) is 9.97. The van der Waals surface area contributed by atoms with Crippen molar-refractivity contribution >= 4 is 57.5 Å². The largest absolute Gasteiger partial charge is 0.399 e. The number of amides is 2. The van der Waals surface area contributed by atoms with Gasteiger partial charge in [0.25, 0.3) is 0 Å². The fraction of sp³-hybridized carbons (Fsp3) is 0.239. The number of nitrogens with one attached hydrogen (secondary N) is 2. The van der Waals surface area contributed by atoms with Crippen LogP contribution in [0.4, 0.5) is 22.9 Å². The molecule has 1 saturated heterocycles. The van der Waals surface area contributed by atoms with Crippen LogP contribution in [0.15, 0.2) is 125 Å². The van der Waals surface area contributed by atoms with Crippen LogP contribution in [0.1, 0.15) is 55.0 Å². The summed E-state index contributed by atoms with van der Waals surface area (Å²) in [6.45, 7) is 4.78. The molecule has 6 aromatic rings. The number of likely N-dealkylation sites (tertiary alicyclic amines) is 1. The normalized spacial score (nSPS) is 14.4. The first-order valence-corrected chi connectivity index (χ1v) is 19.9. The van der Waals surface area contributed by atoms with Crippen molar-refractivity contribution in [3.05, 3.63) is 138 Å². The van der Waals surface area contributed by atoms with Crippen LogP contribution in [-0.2, 0) is 16.0 Å². The Kier molecular flexibility index (Phi) is 12.1. The van der Waals surface area contributed by atoms with Crippen LogP contribution in [-0.4, -0.2) is 69.3 Å². The van der Waals surface area contributed by atoms with Gasteiger partial charge in [0.15, 0.2) is 5.65 Å². The van der Waals surface area contributed by atoms with E-state index in [1.807, 2.05) is 128 Å². The maximum Gasteiger partial charge on any atom is 0.247 e. The Labute approximate surface area is 338 Å². The molecule has 0 spiro atoms. The Morgan fingerprint density at radius 3 is 2.39 bits per heavy atom. The monoisotopic (exact) mass is 774 g/mol. The molecule has 2 aromatic heterocycles. The molecule has 4 N–H and O–H groups in total. The Morgan fingerprint density at radius 2 is 1.65 bits per heavy atom. The topological polar surface area (TPSA) is 129 Å². The van der Waals surface area contributed by atoms with Gasteiger partial charge in [0.2, 0.25) is 11.8 Å². The first-order chi connectivity index (χ1) is 27.6. The molecular formula is C46H46N8O2S. The Hall–Kier alpha value is -6.22. The molecule has 2 atom stereocenters. The van der Waals surface area contributed by atoms with E-state index in [0.29, 0.717) is 42.2 Å². The van der Waals surface area contributed by atoms with E-state index in [1.165, 1.54) is 6.33 Å². The van der Waals surface area contributed by atoms with Crippen molar-refractivity contribution in [2.45, 2.75) is 60.9 Å². The molecule has 1 fully saturated rings. The summed E-state index contributed by atoms with van der Waals surface area (Å²) in [4.78, 5) is 46.8. The van der Waals surface area contributed by atoms with E-state index < -0.39 is 6.04 Å². The van der Waals surface area contributed by atoms with Gasteiger partial charge in [-0.05, 0) is 124 Å². The smallest absolute Gasteiger partial charge is 0.247 e. The SMILES string of the molecule is CC(C)c1ccc2c(Nc3cc(C#Cc4ccc(NC(=O)C5CCCN5C(=O)C(Cc5ccccc5)N(C)C)cc4)ccc3Sc3ccc(N)cc3)ncnc2n1. The number of nitrogen functional groups attached to an aromatic ring is 1. The molecule has 7 rings (SSSR count). The standard InChI is InChI=1S/C46H46N8O2S/c1-30(2)38-24-23-37-43(51-38)48-29-49-44(37)52-39-27-33(16-25-42(39)57-36-21-17-34(47)18-22-36)13-12-31-14-19-35(20-15-31)50-45(55)40-11-8-26-54(40)46(56)41(53(3)4)28-32-9-6-5-7-10-32/h5-7,9-10,14-25,27,29-30,40-41H,8,11,26,28,47H2,1-4H3,(H,50,55)(H,48,49,51,52). The van der Waals surface area contributed by atoms with E-state index in [9.17, 15) is 9.59 Å².